The lowest BCUT2D eigenvalue weighted by Crippen LogP contribution is -2.28. The third kappa shape index (κ3) is 3.40. The first-order valence-electron chi connectivity index (χ1n) is 6.07. The van der Waals surface area contributed by atoms with Gasteiger partial charge in [-0.1, -0.05) is 6.42 Å². The van der Waals surface area contributed by atoms with E-state index >= 15 is 0 Å². The van der Waals surface area contributed by atoms with Gasteiger partial charge in [-0.15, -0.1) is 0 Å². The molecule has 0 saturated heterocycles. The summed E-state index contributed by atoms with van der Waals surface area (Å²) in [7, 11) is 0. The molecule has 0 bridgehead atoms. The first-order valence-corrected chi connectivity index (χ1v) is 6.07. The summed E-state index contributed by atoms with van der Waals surface area (Å²) >= 11 is 0. The van der Waals surface area contributed by atoms with Gasteiger partial charge in [0.05, 0.1) is 0 Å². The van der Waals surface area contributed by atoms with Crippen LogP contribution in [-0.2, 0) is 9.59 Å². The molecule has 0 radical (unpaired) electrons. The molecule has 0 atom stereocenters. The predicted octanol–water partition coefficient (Wildman–Crippen LogP) is 2.66. The van der Waals surface area contributed by atoms with Crippen molar-refractivity contribution in [1.82, 2.24) is 0 Å². The lowest BCUT2D eigenvalue weighted by Gasteiger charge is -2.24. The summed E-state index contributed by atoms with van der Waals surface area (Å²) in [5, 5.41) is 11.1. The van der Waals surface area contributed by atoms with Gasteiger partial charge >= 0.3 is 5.97 Å². The first-order chi connectivity index (χ1) is 9.06. The van der Waals surface area contributed by atoms with Crippen LogP contribution in [0.1, 0.15) is 24.8 Å². The van der Waals surface area contributed by atoms with Gasteiger partial charge in [-0.05, 0) is 37.1 Å². The summed E-state index contributed by atoms with van der Waals surface area (Å²) in [5.41, 5.74) is 0.561. The minimum absolute atomic E-state index is 0.0367. The van der Waals surface area contributed by atoms with Crippen LogP contribution in [0.2, 0.25) is 0 Å². The number of hydrogen-bond donors (Lipinski definition) is 2. The number of carbonyl (C=O) groups is 2. The number of nitrogens with one attached hydrogen (secondary N) is 1. The standard InChI is InChI=1S/C14H14FNO3/c15-12-8-11(16-14(19)10-2-1-3-10)6-4-9(12)5-7-13(17)18/h4-8,10H,1-3H2,(H,16,19)(H,17,18). The molecule has 1 fully saturated rings. The number of benzene rings is 1. The molecule has 5 heteroatoms. The predicted molar refractivity (Wildman–Crippen MR) is 69.0 cm³/mol. The summed E-state index contributed by atoms with van der Waals surface area (Å²) < 4.78 is 13.7. The molecule has 1 aromatic rings. The van der Waals surface area contributed by atoms with E-state index in [4.69, 9.17) is 5.11 Å². The molecule has 0 heterocycles. The fourth-order valence-electron chi connectivity index (χ4n) is 1.82. The molecular weight excluding hydrogens is 249 g/mol. The highest BCUT2D eigenvalue weighted by atomic mass is 19.1. The molecule has 0 spiro atoms. The van der Waals surface area contributed by atoms with E-state index in [0.717, 1.165) is 25.3 Å². The van der Waals surface area contributed by atoms with Crippen molar-refractivity contribution in [3.8, 4) is 0 Å². The zero-order chi connectivity index (χ0) is 13.8. The second-order valence-corrected chi connectivity index (χ2v) is 4.52. The average Bonchev–Trinajstić information content (AvgIpc) is 2.25. The number of hydrogen-bond acceptors (Lipinski definition) is 2. The Hall–Kier alpha value is -2.17. The van der Waals surface area contributed by atoms with Crippen LogP contribution < -0.4 is 5.32 Å². The van der Waals surface area contributed by atoms with Crippen LogP contribution in [0.25, 0.3) is 6.08 Å². The van der Waals surface area contributed by atoms with Gasteiger partial charge in [-0.3, -0.25) is 4.79 Å². The van der Waals surface area contributed by atoms with Gasteiger partial charge in [0.25, 0.3) is 0 Å². The van der Waals surface area contributed by atoms with E-state index in [0.29, 0.717) is 5.69 Å². The quantitative estimate of drug-likeness (QED) is 0.821. The molecule has 1 amide bonds. The molecule has 1 aliphatic rings. The lowest BCUT2D eigenvalue weighted by molar-refractivity contribution is -0.131. The highest BCUT2D eigenvalue weighted by Crippen LogP contribution is 2.27. The van der Waals surface area contributed by atoms with Crippen LogP contribution in [0.15, 0.2) is 24.3 Å². The molecule has 19 heavy (non-hydrogen) atoms. The number of amides is 1. The van der Waals surface area contributed by atoms with Crippen LogP contribution in [-0.4, -0.2) is 17.0 Å². The van der Waals surface area contributed by atoms with Crippen molar-refractivity contribution in [2.45, 2.75) is 19.3 Å². The van der Waals surface area contributed by atoms with Crippen LogP contribution >= 0.6 is 0 Å². The van der Waals surface area contributed by atoms with Crippen LogP contribution in [0.3, 0.4) is 0 Å². The molecule has 0 aromatic heterocycles. The monoisotopic (exact) mass is 263 g/mol. The van der Waals surface area contributed by atoms with Crippen molar-refractivity contribution in [2.75, 3.05) is 5.32 Å². The van der Waals surface area contributed by atoms with Crippen molar-refractivity contribution in [3.05, 3.63) is 35.7 Å². The van der Waals surface area contributed by atoms with Crippen molar-refractivity contribution in [2.24, 2.45) is 5.92 Å². The molecule has 100 valence electrons. The van der Waals surface area contributed by atoms with Gasteiger partial charge in [0.1, 0.15) is 5.82 Å². The maximum absolute atomic E-state index is 13.7. The van der Waals surface area contributed by atoms with E-state index in [1.165, 1.54) is 18.2 Å². The maximum Gasteiger partial charge on any atom is 0.328 e. The molecular formula is C14H14FNO3. The Morgan fingerprint density at radius 1 is 1.37 bits per heavy atom. The van der Waals surface area contributed by atoms with Crippen molar-refractivity contribution in [3.63, 3.8) is 0 Å². The highest BCUT2D eigenvalue weighted by Gasteiger charge is 2.25. The summed E-state index contributed by atoms with van der Waals surface area (Å²) in [6.45, 7) is 0. The SMILES string of the molecule is O=C(O)C=Cc1ccc(NC(=O)C2CCC2)cc1F. The summed E-state index contributed by atoms with van der Waals surface area (Å²) in [4.78, 5) is 22.0. The zero-order valence-corrected chi connectivity index (χ0v) is 10.2. The van der Waals surface area contributed by atoms with Crippen molar-refractivity contribution in [1.29, 1.82) is 0 Å². The fraction of sp³-hybridized carbons (Fsp3) is 0.286. The largest absolute Gasteiger partial charge is 0.478 e. The first kappa shape index (κ1) is 13.3. The van der Waals surface area contributed by atoms with Crippen LogP contribution in [0, 0.1) is 11.7 Å². The van der Waals surface area contributed by atoms with E-state index in [9.17, 15) is 14.0 Å². The molecule has 1 saturated carbocycles. The van der Waals surface area contributed by atoms with E-state index in [2.05, 4.69) is 5.32 Å². The van der Waals surface area contributed by atoms with Gasteiger partial charge in [-0.2, -0.15) is 0 Å². The van der Waals surface area contributed by atoms with Crippen molar-refractivity contribution >= 4 is 23.6 Å². The number of rotatable bonds is 4. The van der Waals surface area contributed by atoms with E-state index < -0.39 is 11.8 Å². The number of anilines is 1. The van der Waals surface area contributed by atoms with Gasteiger partial charge in [0.15, 0.2) is 0 Å². The third-order valence-corrected chi connectivity index (χ3v) is 3.15. The Kier molecular flexibility index (Phi) is 3.94. The molecule has 2 N–H and O–H groups in total. The van der Waals surface area contributed by atoms with Gasteiger partial charge in [0, 0.05) is 23.2 Å². The smallest absolute Gasteiger partial charge is 0.328 e. The third-order valence-electron chi connectivity index (χ3n) is 3.15. The topological polar surface area (TPSA) is 66.4 Å². The number of aliphatic carboxylic acids is 1. The molecule has 2 rings (SSSR count). The fourth-order valence-corrected chi connectivity index (χ4v) is 1.82. The second kappa shape index (κ2) is 5.65. The highest BCUT2D eigenvalue weighted by molar-refractivity contribution is 5.93. The Bertz CT molecular complexity index is 535. The van der Waals surface area contributed by atoms with Gasteiger partial charge < -0.3 is 10.4 Å². The summed E-state index contributed by atoms with van der Waals surface area (Å²) in [5.74, 6) is -1.75. The molecule has 4 nitrogen and oxygen atoms in total. The molecule has 0 unspecified atom stereocenters. The number of carboxylic acids is 1. The molecule has 0 aliphatic heterocycles. The summed E-state index contributed by atoms with van der Waals surface area (Å²) in [6, 6.07) is 4.18. The van der Waals surface area contributed by atoms with Crippen molar-refractivity contribution < 1.29 is 19.1 Å². The van der Waals surface area contributed by atoms with E-state index in [-0.39, 0.29) is 17.4 Å². The van der Waals surface area contributed by atoms with E-state index in [1.807, 2.05) is 0 Å². The maximum atomic E-state index is 13.7. The molecule has 1 aromatic carbocycles. The summed E-state index contributed by atoms with van der Waals surface area (Å²) in [6.07, 6.45) is 4.87. The lowest BCUT2D eigenvalue weighted by atomic mass is 9.85. The van der Waals surface area contributed by atoms with Gasteiger partial charge in [-0.25, -0.2) is 9.18 Å². The van der Waals surface area contributed by atoms with Gasteiger partial charge in [0.2, 0.25) is 5.91 Å². The number of carbonyl (C=O) groups excluding carboxylic acids is 1. The van der Waals surface area contributed by atoms with Crippen LogP contribution in [0.5, 0.6) is 0 Å². The second-order valence-electron chi connectivity index (χ2n) is 4.52. The van der Waals surface area contributed by atoms with Crippen LogP contribution in [0.4, 0.5) is 10.1 Å². The average molecular weight is 263 g/mol. The Labute approximate surface area is 109 Å². The van der Waals surface area contributed by atoms with E-state index in [1.54, 1.807) is 6.07 Å². The minimum atomic E-state index is -1.14. The number of halogens is 1. The number of carboxylic acid groups (broad SMARTS) is 1. The zero-order valence-electron chi connectivity index (χ0n) is 10.2. The Balaban J connectivity index is 2.05. The minimum Gasteiger partial charge on any atom is -0.478 e. The Morgan fingerprint density at radius 2 is 2.11 bits per heavy atom. The normalized spacial score (nSPS) is 15.2. The molecule has 1 aliphatic carbocycles. The Morgan fingerprint density at radius 3 is 2.63 bits per heavy atom.